The van der Waals surface area contributed by atoms with Crippen LogP contribution in [0.2, 0.25) is 0 Å². The quantitative estimate of drug-likeness (QED) is 0.846. The van der Waals surface area contributed by atoms with Crippen molar-refractivity contribution < 1.29 is 13.9 Å². The van der Waals surface area contributed by atoms with Gasteiger partial charge in [0.25, 0.3) is 0 Å². The van der Waals surface area contributed by atoms with Crippen molar-refractivity contribution in [2.45, 2.75) is 0 Å². The standard InChI is InChI=1S/C15H14O4/c1-17-12-6-3-11(4-7-12)5-8-13-9-14(16)15(18-2)10-19-13/h3-10H,1-2H3/b8-5+. The molecule has 0 saturated heterocycles. The maximum absolute atomic E-state index is 11.5. The summed E-state index contributed by atoms with van der Waals surface area (Å²) in [5.74, 6) is 1.47. The minimum Gasteiger partial charge on any atom is -0.497 e. The van der Waals surface area contributed by atoms with Crippen molar-refractivity contribution in [2.75, 3.05) is 14.2 Å². The zero-order valence-electron chi connectivity index (χ0n) is 10.8. The third-order valence-corrected chi connectivity index (χ3v) is 2.59. The predicted molar refractivity (Wildman–Crippen MR) is 73.5 cm³/mol. The van der Waals surface area contributed by atoms with Crippen molar-refractivity contribution in [3.05, 3.63) is 58.1 Å². The van der Waals surface area contributed by atoms with E-state index in [9.17, 15) is 4.79 Å². The average Bonchev–Trinajstić information content (AvgIpc) is 2.46. The van der Waals surface area contributed by atoms with Crippen LogP contribution in [0.5, 0.6) is 11.5 Å². The molecule has 1 aromatic heterocycles. The SMILES string of the molecule is COc1ccc(/C=C/c2cc(=O)c(OC)co2)cc1. The van der Waals surface area contributed by atoms with Crippen molar-refractivity contribution in [1.29, 1.82) is 0 Å². The molecule has 0 bridgehead atoms. The first-order valence-electron chi connectivity index (χ1n) is 5.72. The lowest BCUT2D eigenvalue weighted by molar-refractivity contribution is 0.385. The number of ether oxygens (including phenoxy) is 2. The van der Waals surface area contributed by atoms with Crippen LogP contribution >= 0.6 is 0 Å². The molecule has 19 heavy (non-hydrogen) atoms. The highest BCUT2D eigenvalue weighted by Gasteiger charge is 2.00. The lowest BCUT2D eigenvalue weighted by atomic mass is 10.2. The molecule has 98 valence electrons. The molecule has 1 heterocycles. The fourth-order valence-corrected chi connectivity index (χ4v) is 1.54. The molecule has 0 saturated carbocycles. The molecule has 0 atom stereocenters. The summed E-state index contributed by atoms with van der Waals surface area (Å²) in [7, 11) is 3.05. The van der Waals surface area contributed by atoms with Gasteiger partial charge < -0.3 is 13.9 Å². The lowest BCUT2D eigenvalue weighted by Crippen LogP contribution is -2.03. The fraction of sp³-hybridized carbons (Fsp3) is 0.133. The Morgan fingerprint density at radius 2 is 1.79 bits per heavy atom. The van der Waals surface area contributed by atoms with E-state index in [1.165, 1.54) is 19.4 Å². The van der Waals surface area contributed by atoms with Crippen molar-refractivity contribution in [2.24, 2.45) is 0 Å². The Morgan fingerprint density at radius 1 is 1.05 bits per heavy atom. The van der Waals surface area contributed by atoms with Crippen LogP contribution in [0.3, 0.4) is 0 Å². The Morgan fingerprint density at radius 3 is 2.37 bits per heavy atom. The average molecular weight is 258 g/mol. The van der Waals surface area contributed by atoms with Gasteiger partial charge in [-0.3, -0.25) is 4.79 Å². The third-order valence-electron chi connectivity index (χ3n) is 2.59. The zero-order valence-corrected chi connectivity index (χ0v) is 10.8. The normalized spacial score (nSPS) is 10.6. The van der Waals surface area contributed by atoms with Crippen LogP contribution in [0, 0.1) is 0 Å². The summed E-state index contributed by atoms with van der Waals surface area (Å²) in [5.41, 5.74) is 0.780. The summed E-state index contributed by atoms with van der Waals surface area (Å²) in [6.45, 7) is 0. The maximum atomic E-state index is 11.5. The Balaban J connectivity index is 2.17. The third kappa shape index (κ3) is 3.25. The second-order valence-electron chi connectivity index (χ2n) is 3.82. The van der Waals surface area contributed by atoms with Gasteiger partial charge in [0, 0.05) is 6.07 Å². The van der Waals surface area contributed by atoms with Gasteiger partial charge in [-0.15, -0.1) is 0 Å². The Bertz CT molecular complexity index is 623. The molecule has 0 amide bonds. The highest BCUT2D eigenvalue weighted by molar-refractivity contribution is 5.67. The Hall–Kier alpha value is -2.49. The minimum atomic E-state index is -0.205. The van der Waals surface area contributed by atoms with E-state index in [0.29, 0.717) is 5.76 Å². The molecular weight excluding hydrogens is 244 g/mol. The van der Waals surface area contributed by atoms with Crippen LogP contribution in [0.1, 0.15) is 11.3 Å². The van der Waals surface area contributed by atoms with Crippen molar-refractivity contribution in [3.63, 3.8) is 0 Å². The monoisotopic (exact) mass is 258 g/mol. The second-order valence-corrected chi connectivity index (χ2v) is 3.82. The van der Waals surface area contributed by atoms with Gasteiger partial charge in [0.15, 0.2) is 0 Å². The predicted octanol–water partition coefficient (Wildman–Crippen LogP) is 2.83. The van der Waals surface area contributed by atoms with E-state index in [-0.39, 0.29) is 11.2 Å². The molecule has 0 spiro atoms. The van der Waals surface area contributed by atoms with Crippen LogP contribution in [-0.4, -0.2) is 14.2 Å². The van der Waals surface area contributed by atoms with Gasteiger partial charge >= 0.3 is 0 Å². The molecule has 4 nitrogen and oxygen atoms in total. The lowest BCUT2D eigenvalue weighted by Gasteiger charge is -1.99. The summed E-state index contributed by atoms with van der Waals surface area (Å²) in [5, 5.41) is 0. The molecular formula is C15H14O4. The molecule has 0 aliphatic rings. The second kappa shape index (κ2) is 5.91. The molecule has 2 aromatic rings. The summed E-state index contributed by atoms with van der Waals surface area (Å²) >= 11 is 0. The Labute approximate surface area is 110 Å². The summed E-state index contributed by atoms with van der Waals surface area (Å²) < 4.78 is 15.2. The smallest absolute Gasteiger partial charge is 0.227 e. The van der Waals surface area contributed by atoms with E-state index in [1.54, 1.807) is 13.2 Å². The van der Waals surface area contributed by atoms with Gasteiger partial charge in [0.1, 0.15) is 17.8 Å². The highest BCUT2D eigenvalue weighted by Crippen LogP contribution is 2.14. The van der Waals surface area contributed by atoms with Gasteiger partial charge in [-0.1, -0.05) is 18.2 Å². The molecule has 0 aliphatic heterocycles. The fourth-order valence-electron chi connectivity index (χ4n) is 1.54. The van der Waals surface area contributed by atoms with Gasteiger partial charge in [-0.05, 0) is 23.8 Å². The Kier molecular flexibility index (Phi) is 4.03. The van der Waals surface area contributed by atoms with E-state index in [2.05, 4.69) is 0 Å². The van der Waals surface area contributed by atoms with Gasteiger partial charge in [0.05, 0.1) is 14.2 Å². The number of rotatable bonds is 4. The summed E-state index contributed by atoms with van der Waals surface area (Å²) in [4.78, 5) is 11.5. The van der Waals surface area contributed by atoms with Crippen molar-refractivity contribution in [3.8, 4) is 11.5 Å². The molecule has 0 unspecified atom stereocenters. The minimum absolute atomic E-state index is 0.196. The zero-order chi connectivity index (χ0) is 13.7. The van der Waals surface area contributed by atoms with E-state index in [4.69, 9.17) is 13.9 Å². The van der Waals surface area contributed by atoms with E-state index in [1.807, 2.05) is 30.3 Å². The topological polar surface area (TPSA) is 48.7 Å². The van der Waals surface area contributed by atoms with E-state index < -0.39 is 0 Å². The number of benzene rings is 1. The van der Waals surface area contributed by atoms with Crippen molar-refractivity contribution in [1.82, 2.24) is 0 Å². The van der Waals surface area contributed by atoms with E-state index in [0.717, 1.165) is 11.3 Å². The van der Waals surface area contributed by atoms with Gasteiger partial charge in [-0.25, -0.2) is 0 Å². The van der Waals surface area contributed by atoms with Crippen molar-refractivity contribution >= 4 is 12.2 Å². The van der Waals surface area contributed by atoms with Crippen LogP contribution in [-0.2, 0) is 0 Å². The summed E-state index contributed by atoms with van der Waals surface area (Å²) in [6.07, 6.45) is 4.88. The van der Waals surface area contributed by atoms with Crippen LogP contribution in [0.15, 0.2) is 45.8 Å². The van der Waals surface area contributed by atoms with Crippen LogP contribution in [0.4, 0.5) is 0 Å². The number of hydrogen-bond donors (Lipinski definition) is 0. The molecule has 0 radical (unpaired) electrons. The molecule has 0 aliphatic carbocycles. The molecule has 0 N–H and O–H groups in total. The first-order valence-corrected chi connectivity index (χ1v) is 5.72. The van der Waals surface area contributed by atoms with Gasteiger partial charge in [0.2, 0.25) is 11.2 Å². The molecule has 0 fully saturated rings. The molecule has 2 rings (SSSR count). The number of methoxy groups -OCH3 is 2. The summed E-state index contributed by atoms with van der Waals surface area (Å²) in [6, 6.07) is 8.94. The van der Waals surface area contributed by atoms with Crippen LogP contribution in [0.25, 0.3) is 12.2 Å². The molecule has 1 aromatic carbocycles. The van der Waals surface area contributed by atoms with Gasteiger partial charge in [-0.2, -0.15) is 0 Å². The maximum Gasteiger partial charge on any atom is 0.227 e. The molecule has 4 heteroatoms. The first-order chi connectivity index (χ1) is 9.22. The van der Waals surface area contributed by atoms with E-state index >= 15 is 0 Å². The van der Waals surface area contributed by atoms with Crippen LogP contribution < -0.4 is 14.9 Å². The highest BCUT2D eigenvalue weighted by atomic mass is 16.5. The largest absolute Gasteiger partial charge is 0.497 e. The number of hydrogen-bond acceptors (Lipinski definition) is 4. The first kappa shape index (κ1) is 13.0.